The maximum Gasteiger partial charge on any atom is 0.420 e. The molecule has 0 aliphatic carbocycles. The molecule has 100 valence electrons. The van der Waals surface area contributed by atoms with Gasteiger partial charge in [0.25, 0.3) is 0 Å². The highest BCUT2D eigenvalue weighted by molar-refractivity contribution is 5.54. The van der Waals surface area contributed by atoms with Gasteiger partial charge < -0.3 is 9.64 Å². The van der Waals surface area contributed by atoms with Crippen LogP contribution in [0, 0.1) is 0 Å². The van der Waals surface area contributed by atoms with Gasteiger partial charge in [-0.15, -0.1) is 0 Å². The van der Waals surface area contributed by atoms with Crippen molar-refractivity contribution in [2.75, 3.05) is 24.6 Å². The zero-order valence-electron chi connectivity index (χ0n) is 10.3. The molecule has 1 aliphatic heterocycles. The molecule has 0 aromatic heterocycles. The third-order valence-electron chi connectivity index (χ3n) is 3.04. The number of hydrogen-bond acceptors (Lipinski definition) is 2. The molecular formula is C13H16F3NO. The third-order valence-corrected chi connectivity index (χ3v) is 3.04. The van der Waals surface area contributed by atoms with E-state index >= 15 is 0 Å². The first-order valence-electron chi connectivity index (χ1n) is 6.11. The van der Waals surface area contributed by atoms with Gasteiger partial charge in [0.15, 0.2) is 0 Å². The van der Waals surface area contributed by atoms with Crippen molar-refractivity contribution in [1.29, 1.82) is 0 Å². The SMILES string of the molecule is CCOc1ccc(N2CCCC2)cc1C(F)(F)F. The van der Waals surface area contributed by atoms with Crippen LogP contribution in [-0.2, 0) is 6.18 Å². The van der Waals surface area contributed by atoms with E-state index in [0.717, 1.165) is 25.9 Å². The average molecular weight is 259 g/mol. The maximum atomic E-state index is 12.9. The molecule has 0 radical (unpaired) electrons. The molecule has 0 saturated carbocycles. The van der Waals surface area contributed by atoms with E-state index in [1.807, 2.05) is 4.90 Å². The smallest absolute Gasteiger partial charge is 0.420 e. The largest absolute Gasteiger partial charge is 0.493 e. The quantitative estimate of drug-likeness (QED) is 0.820. The zero-order chi connectivity index (χ0) is 13.2. The molecule has 1 aromatic carbocycles. The lowest BCUT2D eigenvalue weighted by Crippen LogP contribution is -2.19. The third kappa shape index (κ3) is 2.71. The minimum absolute atomic E-state index is 0.0899. The van der Waals surface area contributed by atoms with Crippen molar-refractivity contribution in [2.45, 2.75) is 25.9 Å². The van der Waals surface area contributed by atoms with E-state index in [4.69, 9.17) is 4.74 Å². The summed E-state index contributed by atoms with van der Waals surface area (Å²) in [5, 5.41) is 0. The molecule has 0 unspecified atom stereocenters. The van der Waals surface area contributed by atoms with Gasteiger partial charge in [-0.2, -0.15) is 13.2 Å². The summed E-state index contributed by atoms with van der Waals surface area (Å²) in [6.45, 7) is 3.55. The molecule has 0 spiro atoms. The number of anilines is 1. The van der Waals surface area contributed by atoms with Crippen molar-refractivity contribution in [1.82, 2.24) is 0 Å². The first-order valence-corrected chi connectivity index (χ1v) is 6.11. The Bertz CT molecular complexity index is 411. The number of halogens is 3. The summed E-state index contributed by atoms with van der Waals surface area (Å²) >= 11 is 0. The second-order valence-corrected chi connectivity index (χ2v) is 4.31. The van der Waals surface area contributed by atoms with Crippen LogP contribution >= 0.6 is 0 Å². The lowest BCUT2D eigenvalue weighted by Gasteiger charge is -2.21. The minimum Gasteiger partial charge on any atom is -0.493 e. The molecular weight excluding hydrogens is 243 g/mol. The van der Waals surface area contributed by atoms with Crippen LogP contribution < -0.4 is 9.64 Å². The van der Waals surface area contributed by atoms with E-state index < -0.39 is 11.7 Å². The van der Waals surface area contributed by atoms with Gasteiger partial charge in [0.1, 0.15) is 5.75 Å². The molecule has 0 atom stereocenters. The number of benzene rings is 1. The monoisotopic (exact) mass is 259 g/mol. The molecule has 1 fully saturated rings. The molecule has 2 rings (SSSR count). The predicted molar refractivity (Wildman–Crippen MR) is 64.1 cm³/mol. The van der Waals surface area contributed by atoms with Crippen LogP contribution in [0.25, 0.3) is 0 Å². The van der Waals surface area contributed by atoms with E-state index in [9.17, 15) is 13.2 Å². The van der Waals surface area contributed by atoms with Crippen LogP contribution in [0.1, 0.15) is 25.3 Å². The van der Waals surface area contributed by atoms with Crippen molar-refractivity contribution in [3.05, 3.63) is 23.8 Å². The Morgan fingerprint density at radius 3 is 2.44 bits per heavy atom. The molecule has 5 heteroatoms. The average Bonchev–Trinajstić information content (AvgIpc) is 2.82. The van der Waals surface area contributed by atoms with Crippen molar-refractivity contribution in [3.63, 3.8) is 0 Å². The highest BCUT2D eigenvalue weighted by Gasteiger charge is 2.35. The maximum absolute atomic E-state index is 12.9. The Hall–Kier alpha value is -1.39. The Morgan fingerprint density at radius 1 is 1.22 bits per heavy atom. The molecule has 1 aromatic rings. The van der Waals surface area contributed by atoms with Crippen LogP contribution in [0.2, 0.25) is 0 Å². The highest BCUT2D eigenvalue weighted by atomic mass is 19.4. The Balaban J connectivity index is 2.35. The van der Waals surface area contributed by atoms with Crippen molar-refractivity contribution >= 4 is 5.69 Å². The lowest BCUT2D eigenvalue weighted by atomic mass is 10.1. The van der Waals surface area contributed by atoms with Crippen LogP contribution in [-0.4, -0.2) is 19.7 Å². The van der Waals surface area contributed by atoms with Crippen LogP contribution in [0.4, 0.5) is 18.9 Å². The van der Waals surface area contributed by atoms with Gasteiger partial charge in [0.05, 0.1) is 12.2 Å². The van der Waals surface area contributed by atoms with Gasteiger partial charge in [-0.05, 0) is 38.0 Å². The van der Waals surface area contributed by atoms with Crippen LogP contribution in [0.15, 0.2) is 18.2 Å². The summed E-state index contributed by atoms with van der Waals surface area (Å²) in [5.74, 6) is -0.0899. The van der Waals surface area contributed by atoms with Crippen molar-refractivity contribution in [2.24, 2.45) is 0 Å². The molecule has 2 nitrogen and oxygen atoms in total. The van der Waals surface area contributed by atoms with Gasteiger partial charge in [0, 0.05) is 18.8 Å². The van der Waals surface area contributed by atoms with Crippen molar-refractivity contribution in [3.8, 4) is 5.75 Å². The fourth-order valence-corrected chi connectivity index (χ4v) is 2.19. The summed E-state index contributed by atoms with van der Waals surface area (Å²) < 4.78 is 43.9. The summed E-state index contributed by atoms with van der Waals surface area (Å²) in [5.41, 5.74) is -0.0583. The topological polar surface area (TPSA) is 12.5 Å². The molecule has 1 saturated heterocycles. The zero-order valence-corrected chi connectivity index (χ0v) is 10.3. The second kappa shape index (κ2) is 5.08. The first kappa shape index (κ1) is 13.1. The van der Waals surface area contributed by atoms with E-state index in [2.05, 4.69) is 0 Å². The fourth-order valence-electron chi connectivity index (χ4n) is 2.19. The van der Waals surface area contributed by atoms with E-state index in [1.54, 1.807) is 13.0 Å². The van der Waals surface area contributed by atoms with E-state index in [1.165, 1.54) is 12.1 Å². The second-order valence-electron chi connectivity index (χ2n) is 4.31. The van der Waals surface area contributed by atoms with Crippen LogP contribution in [0.5, 0.6) is 5.75 Å². The predicted octanol–water partition coefficient (Wildman–Crippen LogP) is 3.70. The normalized spacial score (nSPS) is 16.1. The van der Waals surface area contributed by atoms with Gasteiger partial charge in [-0.1, -0.05) is 0 Å². The fraction of sp³-hybridized carbons (Fsp3) is 0.538. The molecule has 1 heterocycles. The van der Waals surface area contributed by atoms with Gasteiger partial charge >= 0.3 is 6.18 Å². The Labute approximate surface area is 104 Å². The lowest BCUT2D eigenvalue weighted by molar-refractivity contribution is -0.138. The number of hydrogen-bond donors (Lipinski definition) is 0. The standard InChI is InChI=1S/C13H16F3NO/c1-2-18-12-6-5-10(17-7-3-4-8-17)9-11(12)13(14,15)16/h5-6,9H,2-4,7-8H2,1H3. The summed E-state index contributed by atoms with van der Waals surface area (Å²) in [6.07, 6.45) is -2.30. The van der Waals surface area contributed by atoms with Gasteiger partial charge in [-0.3, -0.25) is 0 Å². The van der Waals surface area contributed by atoms with Crippen molar-refractivity contribution < 1.29 is 17.9 Å². The Morgan fingerprint density at radius 2 is 1.89 bits per heavy atom. The highest BCUT2D eigenvalue weighted by Crippen LogP contribution is 2.39. The van der Waals surface area contributed by atoms with Gasteiger partial charge in [0.2, 0.25) is 0 Å². The minimum atomic E-state index is -4.37. The number of alkyl halides is 3. The number of nitrogens with zero attached hydrogens (tertiary/aromatic N) is 1. The van der Waals surface area contributed by atoms with E-state index in [-0.39, 0.29) is 12.4 Å². The van der Waals surface area contributed by atoms with Gasteiger partial charge in [-0.25, -0.2) is 0 Å². The summed E-state index contributed by atoms with van der Waals surface area (Å²) in [4.78, 5) is 1.98. The molecule has 0 bridgehead atoms. The summed E-state index contributed by atoms with van der Waals surface area (Å²) in [6, 6.07) is 4.31. The first-order chi connectivity index (χ1) is 8.52. The van der Waals surface area contributed by atoms with Crippen LogP contribution in [0.3, 0.4) is 0 Å². The molecule has 1 aliphatic rings. The molecule has 18 heavy (non-hydrogen) atoms. The molecule has 0 N–H and O–H groups in total. The Kier molecular flexibility index (Phi) is 3.68. The number of rotatable bonds is 3. The summed E-state index contributed by atoms with van der Waals surface area (Å²) in [7, 11) is 0. The van der Waals surface area contributed by atoms with E-state index in [0.29, 0.717) is 5.69 Å². The molecule has 0 amide bonds. The number of ether oxygens (including phenoxy) is 1.